The summed E-state index contributed by atoms with van der Waals surface area (Å²) in [6.07, 6.45) is 6.57. The first-order chi connectivity index (χ1) is 8.77. The highest BCUT2D eigenvalue weighted by Gasteiger charge is 2.16. The highest BCUT2D eigenvalue weighted by molar-refractivity contribution is 5.89. The Morgan fingerprint density at radius 3 is 3.00 bits per heavy atom. The monoisotopic (exact) mass is 241 g/mol. The van der Waals surface area contributed by atoms with Crippen LogP contribution in [0.15, 0.2) is 30.3 Å². The molecule has 0 unspecified atom stereocenters. The van der Waals surface area contributed by atoms with E-state index in [2.05, 4.69) is 28.9 Å². The van der Waals surface area contributed by atoms with Gasteiger partial charge in [0.15, 0.2) is 0 Å². The molecule has 0 saturated heterocycles. The van der Waals surface area contributed by atoms with Crippen LogP contribution in [0.3, 0.4) is 0 Å². The number of carboxylic acid groups (broad SMARTS) is 1. The molecule has 3 nitrogen and oxygen atoms in total. The third-order valence-electron chi connectivity index (χ3n) is 3.51. The van der Waals surface area contributed by atoms with E-state index in [1.165, 1.54) is 16.6 Å². The number of hydrogen-bond donors (Lipinski definition) is 1. The highest BCUT2D eigenvalue weighted by atomic mass is 16.4. The van der Waals surface area contributed by atoms with Crippen LogP contribution in [0.1, 0.15) is 24.1 Å². The standard InChI is InChI=1S/C15H15NO2/c17-15(18)9-10-16-13-7-3-1-5-11(13)12-6-2-4-8-14(12)16/h1,3-5,7-8H,2,6,9-10H2,(H,17,18). The number of para-hydroxylation sites is 1. The Morgan fingerprint density at radius 2 is 2.17 bits per heavy atom. The van der Waals surface area contributed by atoms with E-state index >= 15 is 0 Å². The fourth-order valence-corrected chi connectivity index (χ4v) is 2.72. The minimum absolute atomic E-state index is 0.166. The van der Waals surface area contributed by atoms with E-state index in [0.29, 0.717) is 6.54 Å². The fraction of sp³-hybridized carbons (Fsp3) is 0.267. The quantitative estimate of drug-likeness (QED) is 0.897. The van der Waals surface area contributed by atoms with Crippen LogP contribution in [-0.2, 0) is 17.8 Å². The molecule has 18 heavy (non-hydrogen) atoms. The van der Waals surface area contributed by atoms with Crippen LogP contribution in [-0.4, -0.2) is 15.6 Å². The van der Waals surface area contributed by atoms with Gasteiger partial charge in [-0.3, -0.25) is 4.79 Å². The summed E-state index contributed by atoms with van der Waals surface area (Å²) in [5.41, 5.74) is 3.69. The third kappa shape index (κ3) is 1.72. The van der Waals surface area contributed by atoms with Gasteiger partial charge in [0.05, 0.1) is 6.42 Å². The van der Waals surface area contributed by atoms with Crippen LogP contribution in [0.5, 0.6) is 0 Å². The van der Waals surface area contributed by atoms with Gasteiger partial charge in [0.2, 0.25) is 0 Å². The number of carbonyl (C=O) groups is 1. The average molecular weight is 241 g/mol. The summed E-state index contributed by atoms with van der Waals surface area (Å²) in [4.78, 5) is 10.8. The normalized spacial score (nSPS) is 13.8. The Bertz CT molecular complexity index is 637. The Kier molecular flexibility index (Phi) is 2.67. The molecule has 1 heterocycles. The summed E-state index contributed by atoms with van der Waals surface area (Å²) in [7, 11) is 0. The highest BCUT2D eigenvalue weighted by Crippen LogP contribution is 2.31. The molecule has 1 aromatic heterocycles. The number of aromatic nitrogens is 1. The fourth-order valence-electron chi connectivity index (χ4n) is 2.72. The molecule has 1 aromatic carbocycles. The van der Waals surface area contributed by atoms with Crippen LogP contribution in [0, 0.1) is 0 Å². The van der Waals surface area contributed by atoms with Crippen molar-refractivity contribution in [3.05, 3.63) is 41.6 Å². The first-order valence-electron chi connectivity index (χ1n) is 6.26. The van der Waals surface area contributed by atoms with Gasteiger partial charge in [0.1, 0.15) is 0 Å². The molecule has 1 N–H and O–H groups in total. The number of allylic oxidation sites excluding steroid dienone is 1. The Labute approximate surface area is 105 Å². The lowest BCUT2D eigenvalue weighted by molar-refractivity contribution is -0.137. The number of nitrogens with zero attached hydrogens (tertiary/aromatic N) is 1. The van der Waals surface area contributed by atoms with Crippen molar-refractivity contribution in [1.29, 1.82) is 0 Å². The van der Waals surface area contributed by atoms with Gasteiger partial charge in [0.25, 0.3) is 0 Å². The lowest BCUT2D eigenvalue weighted by atomic mass is 10.0. The summed E-state index contributed by atoms with van der Waals surface area (Å²) in [6.45, 7) is 0.537. The van der Waals surface area contributed by atoms with Gasteiger partial charge in [-0.15, -0.1) is 0 Å². The topological polar surface area (TPSA) is 42.2 Å². The van der Waals surface area contributed by atoms with Crippen LogP contribution in [0.2, 0.25) is 0 Å². The van der Waals surface area contributed by atoms with Gasteiger partial charge in [-0.05, 0) is 30.5 Å². The average Bonchev–Trinajstić information content (AvgIpc) is 2.71. The predicted molar refractivity (Wildman–Crippen MR) is 71.5 cm³/mol. The Morgan fingerprint density at radius 1 is 1.33 bits per heavy atom. The molecule has 1 aliphatic rings. The van der Waals surface area contributed by atoms with E-state index < -0.39 is 5.97 Å². The largest absolute Gasteiger partial charge is 0.481 e. The summed E-state index contributed by atoms with van der Waals surface area (Å²) in [5.74, 6) is -0.749. The smallest absolute Gasteiger partial charge is 0.305 e. The number of rotatable bonds is 3. The summed E-state index contributed by atoms with van der Waals surface area (Å²) >= 11 is 0. The molecule has 0 spiro atoms. The SMILES string of the molecule is O=C(O)CCn1c2c(c3ccccc31)CCC=C2. The molecule has 0 saturated carbocycles. The van der Waals surface area contributed by atoms with E-state index in [4.69, 9.17) is 5.11 Å². The molecule has 2 aromatic rings. The maximum Gasteiger partial charge on any atom is 0.305 e. The number of aliphatic carboxylic acids is 1. The molecule has 0 atom stereocenters. The molecule has 3 rings (SSSR count). The Hall–Kier alpha value is -2.03. The molecule has 3 heteroatoms. The van der Waals surface area contributed by atoms with E-state index in [-0.39, 0.29) is 6.42 Å². The molecule has 0 bridgehead atoms. The van der Waals surface area contributed by atoms with Crippen molar-refractivity contribution in [2.75, 3.05) is 0 Å². The summed E-state index contributed by atoms with van der Waals surface area (Å²) in [5, 5.41) is 10.1. The molecule has 0 fully saturated rings. The summed E-state index contributed by atoms with van der Waals surface area (Å²) < 4.78 is 2.13. The lowest BCUT2D eigenvalue weighted by Gasteiger charge is -2.10. The molecule has 1 aliphatic carbocycles. The van der Waals surface area contributed by atoms with Crippen molar-refractivity contribution < 1.29 is 9.90 Å². The molecular formula is C15H15NO2. The minimum atomic E-state index is -0.749. The van der Waals surface area contributed by atoms with E-state index in [9.17, 15) is 4.79 Å². The van der Waals surface area contributed by atoms with Crippen molar-refractivity contribution in [3.63, 3.8) is 0 Å². The number of fused-ring (bicyclic) bond motifs is 3. The second kappa shape index (κ2) is 4.33. The molecular weight excluding hydrogens is 226 g/mol. The minimum Gasteiger partial charge on any atom is -0.481 e. The van der Waals surface area contributed by atoms with Crippen LogP contribution < -0.4 is 0 Å². The number of carboxylic acids is 1. The maximum atomic E-state index is 10.8. The number of aryl methyl sites for hydroxylation is 2. The number of benzene rings is 1. The van der Waals surface area contributed by atoms with Crippen LogP contribution >= 0.6 is 0 Å². The van der Waals surface area contributed by atoms with Crippen LogP contribution in [0.4, 0.5) is 0 Å². The summed E-state index contributed by atoms with van der Waals surface area (Å²) in [6, 6.07) is 8.26. The maximum absolute atomic E-state index is 10.8. The molecule has 0 radical (unpaired) electrons. The van der Waals surface area contributed by atoms with Crippen LogP contribution in [0.25, 0.3) is 17.0 Å². The van der Waals surface area contributed by atoms with Crippen molar-refractivity contribution in [3.8, 4) is 0 Å². The third-order valence-corrected chi connectivity index (χ3v) is 3.51. The molecule has 92 valence electrons. The number of hydrogen-bond acceptors (Lipinski definition) is 1. The first-order valence-corrected chi connectivity index (χ1v) is 6.26. The first kappa shape index (κ1) is 11.1. The second-order valence-corrected chi connectivity index (χ2v) is 4.62. The van der Waals surface area contributed by atoms with Gasteiger partial charge in [-0.1, -0.05) is 24.3 Å². The van der Waals surface area contributed by atoms with Crippen molar-refractivity contribution in [2.45, 2.75) is 25.8 Å². The van der Waals surface area contributed by atoms with E-state index in [1.54, 1.807) is 0 Å². The lowest BCUT2D eigenvalue weighted by Crippen LogP contribution is -2.07. The van der Waals surface area contributed by atoms with Gasteiger partial charge < -0.3 is 9.67 Å². The van der Waals surface area contributed by atoms with Gasteiger partial charge in [-0.25, -0.2) is 0 Å². The van der Waals surface area contributed by atoms with Crippen molar-refractivity contribution in [2.24, 2.45) is 0 Å². The Balaban J connectivity index is 2.17. The van der Waals surface area contributed by atoms with Gasteiger partial charge >= 0.3 is 5.97 Å². The van der Waals surface area contributed by atoms with Crippen molar-refractivity contribution in [1.82, 2.24) is 4.57 Å². The van der Waals surface area contributed by atoms with Gasteiger partial charge in [-0.2, -0.15) is 0 Å². The zero-order valence-corrected chi connectivity index (χ0v) is 10.1. The zero-order chi connectivity index (χ0) is 12.5. The molecule has 0 aliphatic heterocycles. The second-order valence-electron chi connectivity index (χ2n) is 4.62. The van der Waals surface area contributed by atoms with Crippen molar-refractivity contribution >= 4 is 22.9 Å². The van der Waals surface area contributed by atoms with E-state index in [1.807, 2.05) is 12.1 Å². The van der Waals surface area contributed by atoms with Gasteiger partial charge in [0, 0.05) is 23.1 Å². The predicted octanol–water partition coefficient (Wildman–Crippen LogP) is 3.08. The van der Waals surface area contributed by atoms with E-state index in [0.717, 1.165) is 18.4 Å². The molecule has 0 amide bonds. The zero-order valence-electron chi connectivity index (χ0n) is 10.1.